The first-order valence-corrected chi connectivity index (χ1v) is 15.3. The Kier molecular flexibility index (Phi) is 7.04. The Balaban J connectivity index is 1.10. The van der Waals surface area contributed by atoms with Crippen molar-refractivity contribution < 1.29 is 33.0 Å². The predicted molar refractivity (Wildman–Crippen MR) is 153 cm³/mol. The summed E-state index contributed by atoms with van der Waals surface area (Å²) in [6.45, 7) is 0.294. The highest BCUT2D eigenvalue weighted by Crippen LogP contribution is 2.57. The van der Waals surface area contributed by atoms with Crippen LogP contribution in [0.4, 0.5) is 4.39 Å². The Morgan fingerprint density at radius 1 is 1.10 bits per heavy atom. The summed E-state index contributed by atoms with van der Waals surface area (Å²) in [6.07, 6.45) is 5.87. The second-order valence-corrected chi connectivity index (χ2v) is 13.0. The number of aliphatic hydroxyl groups is 1. The number of carbonyl (C=O) groups excluding carboxylic acids is 1. The summed E-state index contributed by atoms with van der Waals surface area (Å²) in [5.41, 5.74) is 0.311. The lowest BCUT2D eigenvalue weighted by molar-refractivity contribution is -0.151. The second-order valence-electron chi connectivity index (χ2n) is 12.2. The van der Waals surface area contributed by atoms with Gasteiger partial charge in [0.25, 0.3) is 0 Å². The van der Waals surface area contributed by atoms with Gasteiger partial charge in [-0.1, -0.05) is 34.4 Å². The first-order chi connectivity index (χ1) is 20.2. The lowest BCUT2D eigenvalue weighted by atomic mass is 9.69. The molecule has 4 saturated carbocycles. The van der Waals surface area contributed by atoms with Gasteiger partial charge in [0, 0.05) is 36.0 Å². The average molecular weight is 617 g/mol. The normalized spacial score (nSPS) is 27.6. The van der Waals surface area contributed by atoms with Gasteiger partial charge in [-0.3, -0.25) is 0 Å². The molecule has 0 saturated heterocycles. The van der Waals surface area contributed by atoms with Gasteiger partial charge in [0.2, 0.25) is 5.60 Å². The number of hydrogen-bond acceptors (Lipinski definition) is 7. The molecule has 1 N–H and O–H groups in total. The van der Waals surface area contributed by atoms with Crippen LogP contribution in [0.15, 0.2) is 40.9 Å². The number of halogens is 3. The maximum atomic E-state index is 14.8. The number of carbonyl (C=O) groups is 1. The largest absolute Gasteiger partial charge is 0.475 e. The summed E-state index contributed by atoms with van der Waals surface area (Å²) in [6, 6.07) is 9.67. The number of ether oxygens (including phenoxy) is 3. The molecule has 0 radical (unpaired) electrons. The number of rotatable bonds is 9. The van der Waals surface area contributed by atoms with E-state index in [-0.39, 0.29) is 23.7 Å². The zero-order valence-electron chi connectivity index (χ0n) is 23.2. The van der Waals surface area contributed by atoms with Crippen LogP contribution >= 0.6 is 23.2 Å². The predicted octanol–water partition coefficient (Wildman–Crippen LogP) is 7.34. The van der Waals surface area contributed by atoms with Gasteiger partial charge in [-0.15, -0.1) is 0 Å². The van der Waals surface area contributed by atoms with Crippen LogP contribution < -0.4 is 4.74 Å². The van der Waals surface area contributed by atoms with Crippen molar-refractivity contribution in [2.24, 2.45) is 11.8 Å². The molecule has 4 aliphatic carbocycles. The Bertz CT molecular complexity index is 1500. The minimum Gasteiger partial charge on any atom is -0.475 e. The highest BCUT2D eigenvalue weighted by atomic mass is 35.5. The van der Waals surface area contributed by atoms with E-state index in [1.54, 1.807) is 24.3 Å². The third-order valence-corrected chi connectivity index (χ3v) is 10.2. The highest BCUT2D eigenvalue weighted by molar-refractivity contribution is 6.39. The van der Waals surface area contributed by atoms with E-state index in [2.05, 4.69) is 5.16 Å². The molecule has 2 unspecified atom stereocenters. The van der Waals surface area contributed by atoms with E-state index < -0.39 is 23.0 Å². The van der Waals surface area contributed by atoms with E-state index in [0.717, 1.165) is 37.0 Å². The number of esters is 1. The van der Waals surface area contributed by atoms with Crippen molar-refractivity contribution in [1.82, 2.24) is 5.16 Å². The van der Waals surface area contributed by atoms with Gasteiger partial charge in [0.1, 0.15) is 23.0 Å². The fourth-order valence-electron chi connectivity index (χ4n) is 7.08. The smallest absolute Gasteiger partial charge is 0.350 e. The molecule has 0 aliphatic heterocycles. The average Bonchev–Trinajstić information content (AvgIpc) is 3.89. The van der Waals surface area contributed by atoms with E-state index >= 15 is 0 Å². The first-order valence-electron chi connectivity index (χ1n) is 14.6. The van der Waals surface area contributed by atoms with Gasteiger partial charge >= 0.3 is 5.97 Å². The summed E-state index contributed by atoms with van der Waals surface area (Å²) in [5.74, 6) is 0.150. The van der Waals surface area contributed by atoms with Crippen molar-refractivity contribution in [2.45, 2.75) is 81.2 Å². The van der Waals surface area contributed by atoms with Crippen LogP contribution in [0.3, 0.4) is 0 Å². The number of hydrogen-bond donors (Lipinski definition) is 1. The van der Waals surface area contributed by atoms with E-state index in [4.69, 9.17) is 41.9 Å². The quantitative estimate of drug-likeness (QED) is 0.252. The molecule has 1 heterocycles. The van der Waals surface area contributed by atoms with Crippen LogP contribution in [-0.4, -0.2) is 35.0 Å². The Morgan fingerprint density at radius 2 is 1.79 bits per heavy atom. The van der Waals surface area contributed by atoms with Gasteiger partial charge in [-0.05, 0) is 80.2 Å². The molecule has 1 aromatic heterocycles. The zero-order valence-corrected chi connectivity index (χ0v) is 24.7. The summed E-state index contributed by atoms with van der Waals surface area (Å²) in [7, 11) is 1.31. The monoisotopic (exact) mass is 615 g/mol. The third-order valence-electron chi connectivity index (χ3n) is 9.54. The number of fused-ring (bicyclic) bond motifs is 2. The van der Waals surface area contributed by atoms with Crippen molar-refractivity contribution in [3.63, 3.8) is 0 Å². The molecule has 3 aromatic rings. The number of aromatic nitrogens is 1. The molecular weight excluding hydrogens is 584 g/mol. The number of methoxy groups -OCH3 is 1. The fraction of sp³-hybridized carbons (Fsp3) is 0.500. The maximum Gasteiger partial charge on any atom is 0.350 e. The van der Waals surface area contributed by atoms with Crippen molar-refractivity contribution in [3.05, 3.63) is 69.1 Å². The lowest BCUT2D eigenvalue weighted by Gasteiger charge is -2.43. The van der Waals surface area contributed by atoms with Gasteiger partial charge in [-0.2, -0.15) is 0 Å². The molecule has 10 heteroatoms. The summed E-state index contributed by atoms with van der Waals surface area (Å²) >= 11 is 13.0. The highest BCUT2D eigenvalue weighted by Gasteiger charge is 2.56. The van der Waals surface area contributed by atoms with Crippen LogP contribution in [0.2, 0.25) is 10.0 Å². The maximum absolute atomic E-state index is 14.8. The van der Waals surface area contributed by atoms with Gasteiger partial charge in [0.15, 0.2) is 0 Å². The van der Waals surface area contributed by atoms with Crippen LogP contribution in [0.5, 0.6) is 5.75 Å². The summed E-state index contributed by atoms with van der Waals surface area (Å²) < 4.78 is 37.9. The Labute approximate surface area is 253 Å². The summed E-state index contributed by atoms with van der Waals surface area (Å²) in [5, 5.41) is 17.4. The molecule has 4 aliphatic rings. The third kappa shape index (κ3) is 4.80. The van der Waals surface area contributed by atoms with Gasteiger partial charge < -0.3 is 23.8 Å². The van der Waals surface area contributed by atoms with Crippen LogP contribution in [0, 0.1) is 17.7 Å². The fourth-order valence-corrected chi connectivity index (χ4v) is 7.66. The first kappa shape index (κ1) is 28.1. The number of nitrogens with zero attached hydrogens (tertiary/aromatic N) is 1. The molecule has 222 valence electrons. The Hall–Kier alpha value is -2.65. The van der Waals surface area contributed by atoms with Crippen molar-refractivity contribution in [1.29, 1.82) is 0 Å². The number of benzene rings is 2. The minimum absolute atomic E-state index is 0.0994. The van der Waals surface area contributed by atoms with Crippen molar-refractivity contribution >= 4 is 29.2 Å². The van der Waals surface area contributed by atoms with E-state index in [1.165, 1.54) is 19.2 Å². The molecule has 2 bridgehead atoms. The molecule has 0 spiro atoms. The lowest BCUT2D eigenvalue weighted by Crippen LogP contribution is -2.44. The molecule has 7 nitrogen and oxygen atoms in total. The molecule has 42 heavy (non-hydrogen) atoms. The second kappa shape index (κ2) is 10.5. The van der Waals surface area contributed by atoms with Gasteiger partial charge in [-0.25, -0.2) is 9.18 Å². The van der Waals surface area contributed by atoms with E-state index in [1.807, 2.05) is 0 Å². The SMILES string of the molecule is COC(=O)C1(Oc2cc(F)cc(C3(O)[C@@H]4CC[C@H]3CC(OCc3c(-c5c(Cl)cccc5Cl)noc3C3CC3)C4)c2)CC1. The minimum atomic E-state index is -1.21. The standard InChI is InChI=1S/C32H32Cl2FNO6/c1-39-30(37)31(9-10-31)41-23-14-20(11-21(35)15-23)32(38)18-7-8-19(32)13-22(12-18)40-16-24-28(36-42-29(24)17-5-6-17)27-25(33)3-2-4-26(27)34/h2-4,11,14-15,17-19,22,38H,5-10,12-13,16H2,1H3/t18-,19+,22?,32?. The topological polar surface area (TPSA) is 91.0 Å². The van der Waals surface area contributed by atoms with Crippen LogP contribution in [0.1, 0.15) is 74.2 Å². The molecule has 4 atom stereocenters. The van der Waals surface area contributed by atoms with E-state index in [0.29, 0.717) is 65.1 Å². The molecule has 0 amide bonds. The molecular formula is C32H32Cl2FNO6. The van der Waals surface area contributed by atoms with E-state index in [9.17, 15) is 14.3 Å². The van der Waals surface area contributed by atoms with Crippen molar-refractivity contribution in [2.75, 3.05) is 7.11 Å². The molecule has 2 aromatic carbocycles. The van der Waals surface area contributed by atoms with Crippen molar-refractivity contribution in [3.8, 4) is 17.0 Å². The summed E-state index contributed by atoms with van der Waals surface area (Å²) in [4.78, 5) is 12.2. The molecule has 7 rings (SSSR count). The van der Waals surface area contributed by atoms with Crippen LogP contribution in [-0.2, 0) is 26.5 Å². The molecule has 4 fully saturated rings. The Morgan fingerprint density at radius 3 is 2.40 bits per heavy atom. The van der Waals surface area contributed by atoms with Crippen LogP contribution in [0.25, 0.3) is 11.3 Å². The van der Waals surface area contributed by atoms with Gasteiger partial charge in [0.05, 0.1) is 35.5 Å². The zero-order chi connectivity index (χ0) is 29.2.